The number of carbonyl (C=O) groups is 2. The van der Waals surface area contributed by atoms with Crippen molar-refractivity contribution in [2.45, 2.75) is 25.7 Å². The minimum absolute atomic E-state index is 0.202. The van der Waals surface area contributed by atoms with Gasteiger partial charge in [-0.25, -0.2) is 13.6 Å². The first-order chi connectivity index (χ1) is 11.5. The zero-order valence-electron chi connectivity index (χ0n) is 12.9. The molecular weight excluding hydrogens is 336 g/mol. The summed E-state index contributed by atoms with van der Waals surface area (Å²) in [5.41, 5.74) is 0.436. The fourth-order valence-corrected chi connectivity index (χ4v) is 3.48. The van der Waals surface area contributed by atoms with Gasteiger partial charge in [0.05, 0.1) is 12.2 Å². The van der Waals surface area contributed by atoms with Crippen molar-refractivity contribution < 1.29 is 23.1 Å². The van der Waals surface area contributed by atoms with Crippen molar-refractivity contribution in [2.24, 2.45) is 0 Å². The molecule has 1 N–H and O–H groups in total. The molecule has 2 aromatic rings. The largest absolute Gasteiger partial charge is 0.462 e. The first-order valence-corrected chi connectivity index (χ1v) is 8.44. The number of carbonyl (C=O) groups excluding carboxylic acids is 2. The van der Waals surface area contributed by atoms with E-state index in [-0.39, 0.29) is 23.1 Å². The topological polar surface area (TPSA) is 55.4 Å². The smallest absolute Gasteiger partial charge is 0.341 e. The Morgan fingerprint density at radius 2 is 1.92 bits per heavy atom. The number of esters is 1. The van der Waals surface area contributed by atoms with Crippen LogP contribution in [0.4, 0.5) is 13.8 Å². The van der Waals surface area contributed by atoms with Gasteiger partial charge in [0.15, 0.2) is 0 Å². The summed E-state index contributed by atoms with van der Waals surface area (Å²) < 4.78 is 32.5. The minimum Gasteiger partial charge on any atom is -0.462 e. The predicted molar refractivity (Wildman–Crippen MR) is 86.6 cm³/mol. The molecule has 0 bridgehead atoms. The number of hydrogen-bond acceptors (Lipinski definition) is 4. The van der Waals surface area contributed by atoms with Crippen LogP contribution in [-0.2, 0) is 4.74 Å². The first-order valence-electron chi connectivity index (χ1n) is 7.56. The average Bonchev–Trinajstić information content (AvgIpc) is 3.28. The fraction of sp³-hybridized carbons (Fsp3) is 0.294. The van der Waals surface area contributed by atoms with E-state index in [0.717, 1.165) is 41.9 Å². The Balaban J connectivity index is 1.92. The maximum atomic E-state index is 13.7. The Kier molecular flexibility index (Phi) is 4.62. The molecule has 1 aliphatic rings. The second-order valence-corrected chi connectivity index (χ2v) is 6.32. The second kappa shape index (κ2) is 6.68. The first kappa shape index (κ1) is 16.6. The molecular formula is C17H15F2NO3S. The summed E-state index contributed by atoms with van der Waals surface area (Å²) in [6.45, 7) is 1.89. The van der Waals surface area contributed by atoms with E-state index in [1.807, 2.05) is 0 Å². The lowest BCUT2D eigenvalue weighted by atomic mass is 10.1. The van der Waals surface area contributed by atoms with Gasteiger partial charge in [-0.1, -0.05) is 6.07 Å². The summed E-state index contributed by atoms with van der Waals surface area (Å²) in [5.74, 6) is -3.10. The standard InChI is InChI=1S/C17H15F2NO3S/c1-2-23-17(22)13-10(9-6-7-9)8-24-16(13)20-15(21)14-11(18)4-3-5-12(14)19/h3-5,8-9H,2,6-7H2,1H3,(H,20,21). The maximum Gasteiger partial charge on any atom is 0.341 e. The summed E-state index contributed by atoms with van der Waals surface area (Å²) in [5, 5.41) is 4.49. The molecule has 1 aliphatic carbocycles. The molecule has 7 heteroatoms. The third kappa shape index (κ3) is 3.17. The molecule has 1 saturated carbocycles. The Morgan fingerprint density at radius 1 is 1.25 bits per heavy atom. The van der Waals surface area contributed by atoms with Crippen LogP contribution in [0.5, 0.6) is 0 Å². The van der Waals surface area contributed by atoms with Gasteiger partial charge >= 0.3 is 5.97 Å². The second-order valence-electron chi connectivity index (χ2n) is 5.44. The number of thiophene rings is 1. The zero-order valence-corrected chi connectivity index (χ0v) is 13.7. The summed E-state index contributed by atoms with van der Waals surface area (Å²) in [4.78, 5) is 24.5. The molecule has 0 unspecified atom stereocenters. The molecule has 1 aromatic heterocycles. The van der Waals surface area contributed by atoms with Gasteiger partial charge < -0.3 is 10.1 Å². The van der Waals surface area contributed by atoms with Crippen molar-refractivity contribution in [3.05, 3.63) is 51.9 Å². The highest BCUT2D eigenvalue weighted by atomic mass is 32.1. The van der Waals surface area contributed by atoms with Crippen LogP contribution < -0.4 is 5.32 Å². The molecule has 4 nitrogen and oxygen atoms in total. The number of hydrogen-bond donors (Lipinski definition) is 1. The Bertz CT molecular complexity index is 779. The van der Waals surface area contributed by atoms with E-state index in [0.29, 0.717) is 0 Å². The molecule has 24 heavy (non-hydrogen) atoms. The number of benzene rings is 1. The highest BCUT2D eigenvalue weighted by Crippen LogP contribution is 2.46. The Morgan fingerprint density at radius 3 is 2.50 bits per heavy atom. The molecule has 0 aliphatic heterocycles. The van der Waals surface area contributed by atoms with Crippen molar-refractivity contribution in [3.63, 3.8) is 0 Å². The molecule has 0 spiro atoms. The quantitative estimate of drug-likeness (QED) is 0.816. The van der Waals surface area contributed by atoms with E-state index in [2.05, 4.69) is 5.32 Å². The van der Waals surface area contributed by atoms with Crippen LogP contribution in [0.15, 0.2) is 23.6 Å². The molecule has 3 rings (SSSR count). The minimum atomic E-state index is -0.954. The van der Waals surface area contributed by atoms with Gasteiger partial charge in [0.25, 0.3) is 5.91 Å². The lowest BCUT2D eigenvalue weighted by Gasteiger charge is -2.09. The van der Waals surface area contributed by atoms with Gasteiger partial charge in [-0.3, -0.25) is 4.79 Å². The summed E-state index contributed by atoms with van der Waals surface area (Å²) in [7, 11) is 0. The lowest BCUT2D eigenvalue weighted by Crippen LogP contribution is -2.17. The average molecular weight is 351 g/mol. The highest BCUT2D eigenvalue weighted by molar-refractivity contribution is 7.15. The van der Waals surface area contributed by atoms with Crippen LogP contribution >= 0.6 is 11.3 Å². The van der Waals surface area contributed by atoms with Gasteiger partial charge in [-0.2, -0.15) is 0 Å². The Hall–Kier alpha value is -2.28. The van der Waals surface area contributed by atoms with Gasteiger partial charge in [0.1, 0.15) is 22.2 Å². The van der Waals surface area contributed by atoms with Crippen LogP contribution in [-0.4, -0.2) is 18.5 Å². The summed E-state index contributed by atoms with van der Waals surface area (Å²) >= 11 is 1.16. The normalized spacial score (nSPS) is 13.6. The monoisotopic (exact) mass is 351 g/mol. The van der Waals surface area contributed by atoms with Gasteiger partial charge in [-0.05, 0) is 48.8 Å². The SMILES string of the molecule is CCOC(=O)c1c(C2CC2)csc1NC(=O)c1c(F)cccc1F. The third-order valence-corrected chi connectivity index (χ3v) is 4.65. The van der Waals surface area contributed by atoms with E-state index in [1.165, 1.54) is 6.07 Å². The van der Waals surface area contributed by atoms with Gasteiger partial charge in [0, 0.05) is 0 Å². The molecule has 1 fully saturated rings. The van der Waals surface area contributed by atoms with E-state index >= 15 is 0 Å². The molecule has 1 heterocycles. The van der Waals surface area contributed by atoms with E-state index < -0.39 is 29.1 Å². The van der Waals surface area contributed by atoms with Crippen LogP contribution in [0.25, 0.3) is 0 Å². The van der Waals surface area contributed by atoms with Crippen molar-refractivity contribution in [1.29, 1.82) is 0 Å². The van der Waals surface area contributed by atoms with Crippen molar-refractivity contribution in [1.82, 2.24) is 0 Å². The fourth-order valence-electron chi connectivity index (χ4n) is 2.45. The number of ether oxygens (including phenoxy) is 1. The van der Waals surface area contributed by atoms with Crippen LogP contribution in [0, 0.1) is 11.6 Å². The Labute approximate surface area is 141 Å². The van der Waals surface area contributed by atoms with Crippen molar-refractivity contribution in [3.8, 4) is 0 Å². The number of anilines is 1. The molecule has 1 amide bonds. The van der Waals surface area contributed by atoms with Crippen molar-refractivity contribution in [2.75, 3.05) is 11.9 Å². The van der Waals surface area contributed by atoms with Crippen LogP contribution in [0.3, 0.4) is 0 Å². The van der Waals surface area contributed by atoms with E-state index in [1.54, 1.807) is 12.3 Å². The van der Waals surface area contributed by atoms with Crippen molar-refractivity contribution >= 4 is 28.2 Å². The van der Waals surface area contributed by atoms with Crippen LogP contribution in [0.2, 0.25) is 0 Å². The van der Waals surface area contributed by atoms with E-state index in [9.17, 15) is 18.4 Å². The molecule has 0 atom stereocenters. The summed E-state index contributed by atoms with van der Waals surface area (Å²) in [6, 6.07) is 3.20. The number of halogens is 2. The molecule has 0 radical (unpaired) electrons. The molecule has 0 saturated heterocycles. The molecule has 126 valence electrons. The maximum absolute atomic E-state index is 13.7. The zero-order chi connectivity index (χ0) is 17.3. The number of amides is 1. The summed E-state index contributed by atoms with van der Waals surface area (Å²) in [6.07, 6.45) is 1.94. The molecule has 1 aromatic carbocycles. The predicted octanol–water partition coefficient (Wildman–Crippen LogP) is 4.33. The van der Waals surface area contributed by atoms with Gasteiger partial charge in [0.2, 0.25) is 0 Å². The van der Waals surface area contributed by atoms with Crippen LogP contribution in [0.1, 0.15) is 52.0 Å². The van der Waals surface area contributed by atoms with Gasteiger partial charge in [-0.15, -0.1) is 11.3 Å². The third-order valence-electron chi connectivity index (χ3n) is 3.73. The number of rotatable bonds is 5. The lowest BCUT2D eigenvalue weighted by molar-refractivity contribution is 0.0527. The number of nitrogens with one attached hydrogen (secondary N) is 1. The highest BCUT2D eigenvalue weighted by Gasteiger charge is 2.32. The van der Waals surface area contributed by atoms with E-state index in [4.69, 9.17) is 4.74 Å².